The molecule has 0 saturated carbocycles. The number of carbonyl (C=O) groups is 1. The monoisotopic (exact) mass is 397 g/mol. The minimum absolute atomic E-state index is 0.0154. The van der Waals surface area contributed by atoms with Crippen molar-refractivity contribution in [3.63, 3.8) is 0 Å². The van der Waals surface area contributed by atoms with Gasteiger partial charge >= 0.3 is 0 Å². The van der Waals surface area contributed by atoms with Crippen LogP contribution < -0.4 is 5.32 Å². The van der Waals surface area contributed by atoms with E-state index >= 15 is 0 Å². The normalized spacial score (nSPS) is 12.5. The first-order valence-electron chi connectivity index (χ1n) is 6.13. The summed E-state index contributed by atoms with van der Waals surface area (Å²) in [6.45, 7) is 1.99. The zero-order valence-electron chi connectivity index (χ0n) is 10.7. The van der Waals surface area contributed by atoms with Crippen LogP contribution in [-0.2, 0) is 0 Å². The highest BCUT2D eigenvalue weighted by Crippen LogP contribution is 2.21. The molecule has 0 spiro atoms. The van der Waals surface area contributed by atoms with Crippen molar-refractivity contribution in [3.8, 4) is 0 Å². The molecule has 0 aliphatic carbocycles. The minimum atomic E-state index is -0.0650. The molecule has 0 radical (unpaired) electrons. The summed E-state index contributed by atoms with van der Waals surface area (Å²) in [7, 11) is 0. The van der Waals surface area contributed by atoms with Gasteiger partial charge in [-0.1, -0.05) is 6.07 Å². The Balaban J connectivity index is 1.83. The van der Waals surface area contributed by atoms with Crippen LogP contribution >= 0.6 is 33.9 Å². The molecule has 4 nitrogen and oxygen atoms in total. The van der Waals surface area contributed by atoms with E-state index in [0.717, 1.165) is 19.5 Å². The molecule has 0 saturated heterocycles. The Labute approximate surface area is 133 Å². The zero-order chi connectivity index (χ0) is 14.1. The molecule has 1 atom stereocenters. The number of hydrogen-bond acceptors (Lipinski definition) is 3. The van der Waals surface area contributed by atoms with Crippen LogP contribution in [0.2, 0.25) is 0 Å². The maximum absolute atomic E-state index is 12.3. The zero-order valence-corrected chi connectivity index (χ0v) is 13.7. The summed E-state index contributed by atoms with van der Waals surface area (Å²) in [5.74, 6) is -0.0650. The topological polar surface area (TPSA) is 57.8 Å². The third kappa shape index (κ3) is 2.57. The van der Waals surface area contributed by atoms with Crippen molar-refractivity contribution < 1.29 is 4.79 Å². The highest BCUT2D eigenvalue weighted by molar-refractivity contribution is 14.1. The number of hydrogen-bond donors (Lipinski definition) is 2. The van der Waals surface area contributed by atoms with E-state index in [1.54, 1.807) is 11.3 Å². The van der Waals surface area contributed by atoms with Crippen molar-refractivity contribution in [1.29, 1.82) is 0 Å². The Morgan fingerprint density at radius 1 is 1.45 bits per heavy atom. The highest BCUT2D eigenvalue weighted by atomic mass is 127. The van der Waals surface area contributed by atoms with Gasteiger partial charge in [0.1, 0.15) is 3.70 Å². The van der Waals surface area contributed by atoms with Gasteiger partial charge in [-0.15, -0.1) is 11.3 Å². The number of thiophene rings is 1. The molecular weight excluding hydrogens is 385 g/mol. The van der Waals surface area contributed by atoms with Crippen LogP contribution in [0.3, 0.4) is 0 Å². The van der Waals surface area contributed by atoms with Crippen LogP contribution in [0.25, 0.3) is 10.9 Å². The molecule has 102 valence electrons. The van der Waals surface area contributed by atoms with Gasteiger partial charge in [0.25, 0.3) is 5.91 Å². The maximum atomic E-state index is 12.3. The summed E-state index contributed by atoms with van der Waals surface area (Å²) in [5, 5.41) is 13.1. The predicted octanol–water partition coefficient (Wildman–Crippen LogP) is 3.72. The fraction of sp³-hybridized carbons (Fsp3) is 0.143. The lowest BCUT2D eigenvalue weighted by atomic mass is 10.1. The van der Waals surface area contributed by atoms with Gasteiger partial charge in [0.15, 0.2) is 0 Å². The molecule has 2 heterocycles. The molecule has 2 aromatic heterocycles. The van der Waals surface area contributed by atoms with Gasteiger partial charge in [0, 0.05) is 15.8 Å². The van der Waals surface area contributed by atoms with Crippen LogP contribution in [0.5, 0.6) is 0 Å². The highest BCUT2D eigenvalue weighted by Gasteiger charge is 2.13. The van der Waals surface area contributed by atoms with Gasteiger partial charge in [-0.3, -0.25) is 9.89 Å². The number of carbonyl (C=O) groups excluding carboxylic acids is 1. The number of aromatic nitrogens is 2. The van der Waals surface area contributed by atoms with Gasteiger partial charge in [-0.25, -0.2) is 0 Å². The van der Waals surface area contributed by atoms with Crippen molar-refractivity contribution >= 4 is 50.7 Å². The molecular formula is C14H12IN3OS. The number of benzene rings is 1. The summed E-state index contributed by atoms with van der Waals surface area (Å²) >= 11 is 3.80. The minimum Gasteiger partial charge on any atom is -0.345 e. The number of fused-ring (bicyclic) bond motifs is 1. The number of rotatable bonds is 3. The second-order valence-corrected chi connectivity index (χ2v) is 6.49. The molecule has 0 aliphatic rings. The van der Waals surface area contributed by atoms with E-state index in [2.05, 4.69) is 38.1 Å². The van der Waals surface area contributed by atoms with E-state index in [-0.39, 0.29) is 11.9 Å². The molecule has 3 rings (SSSR count). The van der Waals surface area contributed by atoms with Crippen molar-refractivity contribution in [2.24, 2.45) is 0 Å². The van der Waals surface area contributed by atoms with Crippen LogP contribution in [0.1, 0.15) is 28.2 Å². The molecule has 20 heavy (non-hydrogen) atoms. The van der Waals surface area contributed by atoms with Crippen molar-refractivity contribution in [2.75, 3.05) is 0 Å². The van der Waals surface area contributed by atoms with Crippen LogP contribution in [0, 0.1) is 3.70 Å². The number of H-pyrrole nitrogens is 1. The first-order chi connectivity index (χ1) is 9.65. The van der Waals surface area contributed by atoms with E-state index in [0.29, 0.717) is 5.56 Å². The molecule has 0 fully saturated rings. The molecule has 0 bridgehead atoms. The number of nitrogens with zero attached hydrogens (tertiary/aromatic N) is 1. The van der Waals surface area contributed by atoms with Crippen LogP contribution in [0.15, 0.2) is 35.7 Å². The molecule has 1 aromatic carbocycles. The quantitative estimate of drug-likeness (QED) is 0.662. The van der Waals surface area contributed by atoms with Gasteiger partial charge in [-0.2, -0.15) is 5.10 Å². The van der Waals surface area contributed by atoms with Crippen molar-refractivity contribution in [3.05, 3.63) is 49.9 Å². The third-order valence-electron chi connectivity index (χ3n) is 3.10. The lowest BCUT2D eigenvalue weighted by molar-refractivity contribution is 0.0940. The fourth-order valence-electron chi connectivity index (χ4n) is 2.01. The largest absolute Gasteiger partial charge is 0.345 e. The average Bonchev–Trinajstić information content (AvgIpc) is 3.09. The van der Waals surface area contributed by atoms with Gasteiger partial charge in [0.2, 0.25) is 0 Å². The molecule has 2 N–H and O–H groups in total. The van der Waals surface area contributed by atoms with E-state index in [9.17, 15) is 4.79 Å². The molecule has 3 aromatic rings. The third-order valence-corrected chi connectivity index (χ3v) is 4.97. The number of aromatic amines is 1. The maximum Gasteiger partial charge on any atom is 0.251 e. The van der Waals surface area contributed by atoms with E-state index in [1.165, 1.54) is 0 Å². The second-order valence-electron chi connectivity index (χ2n) is 4.49. The first kappa shape index (κ1) is 13.6. The predicted molar refractivity (Wildman–Crippen MR) is 89.0 cm³/mol. The van der Waals surface area contributed by atoms with Gasteiger partial charge in [-0.05, 0) is 59.2 Å². The van der Waals surface area contributed by atoms with E-state index in [4.69, 9.17) is 0 Å². The Kier molecular flexibility index (Phi) is 3.75. The number of amides is 1. The second kappa shape index (κ2) is 5.53. The Hall–Kier alpha value is -1.41. The first-order valence-corrected chi connectivity index (χ1v) is 8.09. The molecule has 0 aliphatic heterocycles. The smallest absolute Gasteiger partial charge is 0.251 e. The van der Waals surface area contributed by atoms with Crippen molar-refractivity contribution in [1.82, 2.24) is 15.5 Å². The fourth-order valence-corrected chi connectivity index (χ4v) is 3.31. The number of nitrogens with one attached hydrogen (secondary N) is 2. The van der Waals surface area contributed by atoms with Crippen LogP contribution in [0.4, 0.5) is 0 Å². The molecule has 6 heteroatoms. The van der Waals surface area contributed by atoms with Crippen molar-refractivity contribution in [2.45, 2.75) is 13.0 Å². The van der Waals surface area contributed by atoms with Crippen LogP contribution in [-0.4, -0.2) is 16.1 Å². The summed E-state index contributed by atoms with van der Waals surface area (Å²) in [5.41, 5.74) is 1.59. The molecule has 1 unspecified atom stereocenters. The van der Waals surface area contributed by atoms with Gasteiger partial charge in [0.05, 0.1) is 11.6 Å². The molecule has 1 amide bonds. The summed E-state index contributed by atoms with van der Waals surface area (Å²) in [6, 6.07) is 9.60. The Morgan fingerprint density at radius 3 is 3.05 bits per heavy atom. The van der Waals surface area contributed by atoms with E-state index in [1.807, 2.05) is 42.6 Å². The Morgan fingerprint density at radius 2 is 2.30 bits per heavy atom. The summed E-state index contributed by atoms with van der Waals surface area (Å²) in [6.07, 6.45) is 0. The van der Waals surface area contributed by atoms with E-state index < -0.39 is 0 Å². The standard InChI is InChI=1S/C14H12IN3OS/c1-8(12-3-2-6-20-12)16-14(19)9-4-5-11-10(7-9)13(15)18-17-11/h2-8H,1H3,(H,16,19)(H,17,18). The summed E-state index contributed by atoms with van der Waals surface area (Å²) in [4.78, 5) is 13.4. The number of halogens is 1. The average molecular weight is 397 g/mol. The SMILES string of the molecule is CC(NC(=O)c1ccc2[nH]nc(I)c2c1)c1cccs1. The lowest BCUT2D eigenvalue weighted by Crippen LogP contribution is -2.26. The Bertz CT molecular complexity index is 751. The lowest BCUT2D eigenvalue weighted by Gasteiger charge is -2.12. The summed E-state index contributed by atoms with van der Waals surface area (Å²) < 4.78 is 0.874. The van der Waals surface area contributed by atoms with Gasteiger partial charge < -0.3 is 5.32 Å².